The van der Waals surface area contributed by atoms with E-state index in [0.717, 1.165) is 58.0 Å². The van der Waals surface area contributed by atoms with Crippen LogP contribution in [0.15, 0.2) is 0 Å². The Morgan fingerprint density at radius 3 is 1.71 bits per heavy atom. The number of ketones is 1. The van der Waals surface area contributed by atoms with Gasteiger partial charge in [0.05, 0.1) is 12.2 Å². The van der Waals surface area contributed by atoms with Gasteiger partial charge in [-0.05, 0) is 85.9 Å². The van der Waals surface area contributed by atoms with Gasteiger partial charge in [-0.25, -0.2) is 0 Å². The van der Waals surface area contributed by atoms with Crippen molar-refractivity contribution in [3.63, 3.8) is 0 Å². The van der Waals surface area contributed by atoms with E-state index in [1.807, 2.05) is 0 Å². The predicted molar refractivity (Wildman–Crippen MR) is 197 cm³/mol. The molecule has 0 aromatic heterocycles. The number of carboxylic acid groups (broad SMARTS) is 1. The first-order valence-corrected chi connectivity index (χ1v) is 21.3. The van der Waals surface area contributed by atoms with E-state index < -0.39 is 5.97 Å². The Morgan fingerprint density at radius 2 is 1.19 bits per heavy atom. The largest absolute Gasteiger partial charge is 0.481 e. The van der Waals surface area contributed by atoms with E-state index in [9.17, 15) is 14.7 Å². The van der Waals surface area contributed by atoms with Gasteiger partial charge in [-0.3, -0.25) is 9.59 Å². The number of carbonyl (C=O) groups is 2. The SMILES string of the molecule is C[C@]12CCC(=O)CC1CC[C@@H]1[C@H]2C(OCCCCCCCCCCCCCCCCCCCCCCCC(=O)O)C[C@]2(C)C(O)CC[C@@H]12. The van der Waals surface area contributed by atoms with Crippen molar-refractivity contribution in [2.45, 2.75) is 219 Å². The van der Waals surface area contributed by atoms with E-state index in [2.05, 4.69) is 13.8 Å². The molecule has 0 aliphatic heterocycles. The van der Waals surface area contributed by atoms with Crippen LogP contribution in [0.25, 0.3) is 0 Å². The fourth-order valence-corrected chi connectivity index (χ4v) is 11.2. The van der Waals surface area contributed by atoms with Crippen LogP contribution < -0.4 is 0 Å². The summed E-state index contributed by atoms with van der Waals surface area (Å²) in [5.41, 5.74) is 0.235. The van der Waals surface area contributed by atoms with Crippen molar-refractivity contribution in [3.8, 4) is 0 Å². The van der Waals surface area contributed by atoms with Crippen LogP contribution in [0.2, 0.25) is 0 Å². The van der Waals surface area contributed by atoms with Gasteiger partial charge in [0, 0.05) is 25.9 Å². The summed E-state index contributed by atoms with van der Waals surface area (Å²) in [5.74, 6) is 2.20. The van der Waals surface area contributed by atoms with Crippen molar-refractivity contribution >= 4 is 11.8 Å². The molecule has 0 aromatic carbocycles. The molecule has 0 spiro atoms. The number of hydrogen-bond acceptors (Lipinski definition) is 4. The number of ether oxygens (including phenoxy) is 1. The highest BCUT2D eigenvalue weighted by atomic mass is 16.5. The van der Waals surface area contributed by atoms with Crippen molar-refractivity contribution in [1.82, 2.24) is 0 Å². The van der Waals surface area contributed by atoms with Crippen LogP contribution in [0, 0.1) is 34.5 Å². The highest BCUT2D eigenvalue weighted by Gasteiger charge is 2.63. The lowest BCUT2D eigenvalue weighted by molar-refractivity contribution is -0.192. The van der Waals surface area contributed by atoms with Gasteiger partial charge >= 0.3 is 5.97 Å². The van der Waals surface area contributed by atoms with E-state index in [4.69, 9.17) is 9.84 Å². The van der Waals surface area contributed by atoms with Crippen molar-refractivity contribution in [3.05, 3.63) is 0 Å². The summed E-state index contributed by atoms with van der Waals surface area (Å²) < 4.78 is 6.85. The van der Waals surface area contributed by atoms with Crippen molar-refractivity contribution in [2.75, 3.05) is 6.61 Å². The summed E-state index contributed by atoms with van der Waals surface area (Å²) in [6, 6.07) is 0. The second kappa shape index (κ2) is 20.8. The van der Waals surface area contributed by atoms with Crippen molar-refractivity contribution < 1.29 is 24.5 Å². The van der Waals surface area contributed by atoms with Gasteiger partial charge in [0.1, 0.15) is 5.78 Å². The van der Waals surface area contributed by atoms with Gasteiger partial charge in [-0.1, -0.05) is 136 Å². The highest BCUT2D eigenvalue weighted by molar-refractivity contribution is 5.79. The number of unbranched alkanes of at least 4 members (excludes halogenated alkanes) is 20. The summed E-state index contributed by atoms with van der Waals surface area (Å²) in [5, 5.41) is 19.8. The second-order valence-corrected chi connectivity index (χ2v) is 17.6. The Balaban J connectivity index is 0.971. The predicted octanol–water partition coefficient (Wildman–Crippen LogP) is 11.6. The monoisotopic (exact) mass is 673 g/mol. The second-order valence-electron chi connectivity index (χ2n) is 17.6. The summed E-state index contributed by atoms with van der Waals surface area (Å²) >= 11 is 0. The molecular formula is C43H76O5. The minimum atomic E-state index is -0.658. The molecule has 2 N–H and O–H groups in total. The molecule has 5 heteroatoms. The first-order chi connectivity index (χ1) is 23.3. The smallest absolute Gasteiger partial charge is 0.303 e. The Hall–Kier alpha value is -0.940. The van der Waals surface area contributed by atoms with Crippen LogP contribution in [0.3, 0.4) is 0 Å². The number of hydrogen-bond donors (Lipinski definition) is 2. The molecule has 4 saturated carbocycles. The summed E-state index contributed by atoms with van der Waals surface area (Å²) in [7, 11) is 0. The van der Waals surface area contributed by atoms with E-state index in [1.54, 1.807) is 0 Å². The first-order valence-electron chi connectivity index (χ1n) is 21.3. The zero-order valence-corrected chi connectivity index (χ0v) is 31.5. The third-order valence-corrected chi connectivity index (χ3v) is 14.2. The van der Waals surface area contributed by atoms with Crippen LogP contribution in [-0.2, 0) is 14.3 Å². The molecule has 48 heavy (non-hydrogen) atoms. The molecule has 0 bridgehead atoms. The summed E-state index contributed by atoms with van der Waals surface area (Å²) in [6.07, 6.45) is 36.1. The molecule has 4 aliphatic carbocycles. The molecule has 278 valence electrons. The Morgan fingerprint density at radius 1 is 0.688 bits per heavy atom. The standard InChI is InChI=1S/C43H76O5/c1-42-30-29-35(44)32-34(42)25-26-36-37-27-28-39(45)43(37,2)33-38(41(36)42)48-31-23-21-19-17-15-13-11-9-7-5-3-4-6-8-10-12-14-16-18-20-22-24-40(46)47/h34,36-39,41,45H,3-33H2,1-2H3,(H,46,47)/t34?,36-,37-,38?,39?,41-,42-,43-/m0/s1. The van der Waals surface area contributed by atoms with Gasteiger partial charge in [0.2, 0.25) is 0 Å². The Labute approximate surface area is 295 Å². The van der Waals surface area contributed by atoms with Crippen molar-refractivity contribution in [2.24, 2.45) is 34.5 Å². The maximum atomic E-state index is 12.4. The molecule has 4 rings (SSSR count). The lowest BCUT2D eigenvalue weighted by Crippen LogP contribution is -2.60. The maximum absolute atomic E-state index is 12.4. The number of carboxylic acids is 1. The molecule has 4 fully saturated rings. The maximum Gasteiger partial charge on any atom is 0.303 e. The average molecular weight is 673 g/mol. The zero-order chi connectivity index (χ0) is 34.2. The Kier molecular flexibility index (Phi) is 17.3. The number of rotatable bonds is 25. The normalized spacial score (nSPS) is 32.9. The third-order valence-electron chi connectivity index (χ3n) is 14.2. The third kappa shape index (κ3) is 11.5. The van der Waals surface area contributed by atoms with Crippen LogP contribution in [0.1, 0.15) is 206 Å². The van der Waals surface area contributed by atoms with Crippen LogP contribution in [0.4, 0.5) is 0 Å². The van der Waals surface area contributed by atoms with Gasteiger partial charge in [0.15, 0.2) is 0 Å². The minimum absolute atomic E-state index is 0.00797. The van der Waals surface area contributed by atoms with E-state index in [-0.39, 0.29) is 23.0 Å². The number of carbonyl (C=O) groups excluding carboxylic acids is 1. The van der Waals surface area contributed by atoms with Gasteiger partial charge in [0.25, 0.3) is 0 Å². The van der Waals surface area contributed by atoms with E-state index in [0.29, 0.717) is 35.9 Å². The zero-order valence-electron chi connectivity index (χ0n) is 31.5. The highest BCUT2D eigenvalue weighted by Crippen LogP contribution is 2.66. The topological polar surface area (TPSA) is 83.8 Å². The molecule has 0 radical (unpaired) electrons. The number of aliphatic hydroxyl groups excluding tert-OH is 1. The Bertz CT molecular complexity index is 934. The van der Waals surface area contributed by atoms with Gasteiger partial charge in [-0.2, -0.15) is 0 Å². The molecule has 5 nitrogen and oxygen atoms in total. The molecule has 4 aliphatic rings. The minimum Gasteiger partial charge on any atom is -0.481 e. The summed E-state index contributed by atoms with van der Waals surface area (Å²) in [4.78, 5) is 22.9. The average Bonchev–Trinajstić information content (AvgIpc) is 3.36. The van der Waals surface area contributed by atoms with Crippen LogP contribution in [-0.4, -0.2) is 40.8 Å². The van der Waals surface area contributed by atoms with E-state index in [1.165, 1.54) is 135 Å². The van der Waals surface area contributed by atoms with Gasteiger partial charge in [-0.15, -0.1) is 0 Å². The van der Waals surface area contributed by atoms with Crippen molar-refractivity contribution in [1.29, 1.82) is 0 Å². The number of Topliss-reactive ketones (excluding diaryl/α,β-unsaturated/α-hetero) is 1. The molecule has 0 aromatic rings. The molecule has 0 saturated heterocycles. The summed E-state index contributed by atoms with van der Waals surface area (Å²) in [6.45, 7) is 5.74. The van der Waals surface area contributed by atoms with E-state index >= 15 is 0 Å². The van der Waals surface area contributed by atoms with Crippen LogP contribution >= 0.6 is 0 Å². The number of fused-ring (bicyclic) bond motifs is 5. The van der Waals surface area contributed by atoms with Gasteiger partial charge < -0.3 is 14.9 Å². The first kappa shape index (κ1) is 39.8. The molecule has 0 heterocycles. The molecule has 3 unspecified atom stereocenters. The molecular weight excluding hydrogens is 596 g/mol. The fraction of sp³-hybridized carbons (Fsp3) is 0.953. The quantitative estimate of drug-likeness (QED) is 0.0943. The lowest BCUT2D eigenvalue weighted by Gasteiger charge is -2.62. The lowest BCUT2D eigenvalue weighted by atomic mass is 9.44. The molecule has 0 amide bonds. The number of aliphatic carboxylic acids is 1. The number of aliphatic hydroxyl groups is 1. The van der Waals surface area contributed by atoms with Crippen LogP contribution in [0.5, 0.6) is 0 Å². The fourth-order valence-electron chi connectivity index (χ4n) is 11.2. The molecule has 8 atom stereocenters.